The molecule has 2 aliphatic carbocycles. The quantitative estimate of drug-likeness (QED) is 0.177. The van der Waals surface area contributed by atoms with Crippen LogP contribution in [0.5, 0.6) is 0 Å². The second-order valence-electron chi connectivity index (χ2n) is 9.36. The largest absolute Gasteiger partial charge is 0.358 e. The summed E-state index contributed by atoms with van der Waals surface area (Å²) in [5.41, 5.74) is 9.90. The van der Waals surface area contributed by atoms with Crippen LogP contribution in [0.1, 0.15) is 51.3 Å². The van der Waals surface area contributed by atoms with Gasteiger partial charge in [-0.25, -0.2) is 5.57 Å². The molecule has 1 unspecified atom stereocenters. The van der Waals surface area contributed by atoms with Crippen molar-refractivity contribution < 1.29 is 24.2 Å². The minimum Gasteiger partial charge on any atom is -0.358 e. The van der Waals surface area contributed by atoms with Crippen LogP contribution in [-0.4, -0.2) is 4.21 Å². The molecule has 0 radical (unpaired) electrons. The van der Waals surface area contributed by atoms with Crippen molar-refractivity contribution in [1.29, 1.82) is 0 Å². The molecule has 3 aromatic carbocycles. The molecule has 3 aromatic rings. The zero-order chi connectivity index (χ0) is 24.4. The number of benzene rings is 3. The van der Waals surface area contributed by atoms with Gasteiger partial charge in [-0.2, -0.15) is 77.4 Å². The molecule has 0 aromatic heterocycles. The molecule has 2 aliphatic rings. The normalized spacial score (nSPS) is 13.9. The van der Waals surface area contributed by atoms with Gasteiger partial charge in [0.15, 0.2) is 0 Å². The Morgan fingerprint density at radius 1 is 0.861 bits per heavy atom. The molecule has 0 spiro atoms. The third-order valence-electron chi connectivity index (χ3n) is 5.57. The van der Waals surface area contributed by atoms with Crippen LogP contribution in [0.4, 0.5) is 0 Å². The maximum Gasteiger partial charge on any atom is -0.0253 e. The molecule has 3 heteroatoms. The Hall–Kier alpha value is -1.53. The minimum absolute atomic E-state index is 0. The molecule has 194 valence electrons. The number of rotatable bonds is 0. The van der Waals surface area contributed by atoms with Crippen LogP contribution in [0.25, 0.3) is 11.1 Å². The van der Waals surface area contributed by atoms with Crippen molar-refractivity contribution in [3.05, 3.63) is 126 Å². The first kappa shape index (κ1) is 36.6. The monoisotopic (exact) mass is 596 g/mol. The fourth-order valence-corrected chi connectivity index (χ4v) is 4.12. The summed E-state index contributed by atoms with van der Waals surface area (Å²) >= 11 is 1.30. The first-order chi connectivity index (χ1) is 15.8. The second kappa shape index (κ2) is 17.8. The van der Waals surface area contributed by atoms with Crippen LogP contribution in [0.3, 0.4) is 0 Å². The standard InChI is InChI=1S/C13H9.C11H17.C7H7.CH3.CH2.2ClH.Zr/c1-3-7-12-10(5-1)9-11-6-2-4-8-13(11)12;1-8-6-9(2)10(7-8)11(3,4)5;1-7-5-3-2-4-6-7;;;;;/h1-5,7-8H,9H2;7-8H,1-5H3;3-6H,1H3;1H3;1H2;2*1H;/q4*-1;;;;. The van der Waals surface area contributed by atoms with E-state index in [2.05, 4.69) is 106 Å². The van der Waals surface area contributed by atoms with Gasteiger partial charge in [0, 0.05) is 0 Å². The third kappa shape index (κ3) is 10.8. The van der Waals surface area contributed by atoms with Crippen LogP contribution in [0.15, 0.2) is 84.0 Å². The zero-order valence-electron chi connectivity index (χ0n) is 22.7. The van der Waals surface area contributed by atoms with Crippen LogP contribution < -0.4 is 0 Å². The summed E-state index contributed by atoms with van der Waals surface area (Å²) in [5, 5.41) is 0. The number of aryl methyl sites for hydroxylation is 1. The van der Waals surface area contributed by atoms with Gasteiger partial charge in [-0.1, -0.05) is 88.3 Å². The Balaban J connectivity index is 0. The summed E-state index contributed by atoms with van der Waals surface area (Å²) in [6.07, 6.45) is 6.76. The van der Waals surface area contributed by atoms with Crippen molar-refractivity contribution in [2.75, 3.05) is 0 Å². The van der Waals surface area contributed by atoms with Crippen molar-refractivity contribution in [3.63, 3.8) is 0 Å². The summed E-state index contributed by atoms with van der Waals surface area (Å²) < 4.78 is 3.34. The van der Waals surface area contributed by atoms with E-state index in [9.17, 15) is 0 Å². The molecule has 5 rings (SSSR count). The Morgan fingerprint density at radius 3 is 1.92 bits per heavy atom. The Labute approximate surface area is 248 Å². The summed E-state index contributed by atoms with van der Waals surface area (Å²) in [5.74, 6) is 0.518. The van der Waals surface area contributed by atoms with E-state index in [0.717, 1.165) is 6.42 Å². The van der Waals surface area contributed by atoms with E-state index in [1.165, 1.54) is 63.2 Å². The number of hydrogen-bond acceptors (Lipinski definition) is 0. The van der Waals surface area contributed by atoms with Gasteiger partial charge < -0.3 is 7.43 Å². The molecule has 1 atom stereocenters. The van der Waals surface area contributed by atoms with Crippen LogP contribution in [0.2, 0.25) is 0 Å². The maximum absolute atomic E-state index is 3.40. The molecule has 0 bridgehead atoms. The van der Waals surface area contributed by atoms with E-state index in [-0.39, 0.29) is 32.2 Å². The van der Waals surface area contributed by atoms with E-state index in [4.69, 9.17) is 0 Å². The Bertz CT molecular complexity index is 1050. The molecule has 0 heterocycles. The van der Waals surface area contributed by atoms with Gasteiger partial charge in [-0.3, -0.25) is 6.08 Å². The predicted octanol–water partition coefficient (Wildman–Crippen LogP) is 9.47. The Morgan fingerprint density at radius 2 is 1.44 bits per heavy atom. The van der Waals surface area contributed by atoms with Crippen molar-refractivity contribution in [2.24, 2.45) is 11.3 Å². The van der Waals surface area contributed by atoms with Gasteiger partial charge in [0.05, 0.1) is 0 Å². The van der Waals surface area contributed by atoms with E-state index in [1.54, 1.807) is 0 Å². The molecule has 0 aliphatic heterocycles. The molecule has 0 N–H and O–H groups in total. The van der Waals surface area contributed by atoms with Gasteiger partial charge in [-0.15, -0.1) is 30.4 Å². The maximum atomic E-state index is 3.40. The van der Waals surface area contributed by atoms with E-state index >= 15 is 0 Å². The molecule has 0 saturated carbocycles. The van der Waals surface area contributed by atoms with Gasteiger partial charge in [-0.05, 0) is 6.42 Å². The number of hydrogen-bond donors (Lipinski definition) is 0. The SMILES string of the molecule is CC1=[C-]C(C)C=C1C(C)(C)C.Cc1cc[c-]cc1.Cl.Cl.[CH2]=[Zr].[CH3-].[c-]1cccc2c1Cc1ccccc1-2. The van der Waals surface area contributed by atoms with E-state index in [0.29, 0.717) is 11.3 Å². The van der Waals surface area contributed by atoms with E-state index < -0.39 is 0 Å². The summed E-state index contributed by atoms with van der Waals surface area (Å²) in [6.45, 7) is 13.2. The fraction of sp³-hybridized carbons (Fsp3) is 0.273. The number of allylic oxidation sites excluding steroid dienone is 4. The van der Waals surface area contributed by atoms with Gasteiger partial charge in [0.25, 0.3) is 0 Å². The fourth-order valence-electron chi connectivity index (χ4n) is 4.12. The predicted molar refractivity (Wildman–Crippen MR) is 161 cm³/mol. The molecule has 0 saturated heterocycles. The van der Waals surface area contributed by atoms with Gasteiger partial charge in [0.1, 0.15) is 0 Å². The van der Waals surface area contributed by atoms with Crippen LogP contribution >= 0.6 is 24.8 Å². The molecule has 36 heavy (non-hydrogen) atoms. The zero-order valence-corrected chi connectivity index (χ0v) is 26.8. The van der Waals surface area contributed by atoms with Crippen molar-refractivity contribution in [1.82, 2.24) is 0 Å². The van der Waals surface area contributed by atoms with Crippen LogP contribution in [0, 0.1) is 43.9 Å². The topological polar surface area (TPSA) is 0 Å². The average Bonchev–Trinajstić information content (AvgIpc) is 3.35. The van der Waals surface area contributed by atoms with Gasteiger partial charge in [0.2, 0.25) is 0 Å². The van der Waals surface area contributed by atoms with Crippen LogP contribution in [-0.2, 0) is 30.7 Å². The summed E-state index contributed by atoms with van der Waals surface area (Å²) in [7, 11) is 0. The molecule has 0 fully saturated rings. The number of halogens is 2. The third-order valence-corrected chi connectivity index (χ3v) is 5.57. The van der Waals surface area contributed by atoms with Crippen molar-refractivity contribution in [3.8, 4) is 11.1 Å². The molecular formula is C33H40Cl2Zr-4. The number of fused-ring (bicyclic) bond motifs is 3. The smallest absolute Gasteiger partial charge is 0.0253 e. The Kier molecular flexibility index (Phi) is 18.2. The van der Waals surface area contributed by atoms with Crippen molar-refractivity contribution in [2.45, 2.75) is 48.0 Å². The minimum atomic E-state index is 0. The van der Waals surface area contributed by atoms with Gasteiger partial charge >= 0.3 is 28.4 Å². The summed E-state index contributed by atoms with van der Waals surface area (Å²) in [4.78, 5) is 0. The molecule has 0 amide bonds. The molecule has 0 nitrogen and oxygen atoms in total. The first-order valence-corrected chi connectivity index (χ1v) is 13.2. The first-order valence-electron chi connectivity index (χ1n) is 11.4. The summed E-state index contributed by atoms with van der Waals surface area (Å²) in [6, 6.07) is 28.9. The second-order valence-corrected chi connectivity index (χ2v) is 9.36. The van der Waals surface area contributed by atoms with Crippen molar-refractivity contribution >= 4 is 29.0 Å². The average molecular weight is 599 g/mol. The molecular weight excluding hydrogens is 558 g/mol. The van der Waals surface area contributed by atoms with E-state index in [1.807, 2.05) is 30.3 Å².